The molecule has 0 bridgehead atoms. The molecule has 1 atom stereocenters. The molecule has 0 spiro atoms. The SMILES string of the molecule is C[C@@H](OC(=O)CCc1ccccc1)C(=O)Nc1ccc(C(N)=O)cc1. The van der Waals surface area contributed by atoms with Gasteiger partial charge in [0.2, 0.25) is 5.91 Å². The van der Waals surface area contributed by atoms with Crippen molar-refractivity contribution in [3.8, 4) is 0 Å². The van der Waals surface area contributed by atoms with E-state index in [9.17, 15) is 14.4 Å². The molecule has 0 saturated heterocycles. The van der Waals surface area contributed by atoms with Crippen LogP contribution in [0.5, 0.6) is 0 Å². The largest absolute Gasteiger partial charge is 0.453 e. The lowest BCUT2D eigenvalue weighted by Gasteiger charge is -2.13. The monoisotopic (exact) mass is 340 g/mol. The van der Waals surface area contributed by atoms with Crippen molar-refractivity contribution in [1.29, 1.82) is 0 Å². The van der Waals surface area contributed by atoms with Crippen LogP contribution in [0.2, 0.25) is 0 Å². The Kier molecular flexibility index (Phi) is 6.28. The molecule has 6 nitrogen and oxygen atoms in total. The molecular formula is C19H20N2O4. The Morgan fingerprint density at radius 2 is 1.68 bits per heavy atom. The number of aryl methyl sites for hydroxylation is 1. The second-order valence-corrected chi connectivity index (χ2v) is 5.55. The molecule has 0 aliphatic rings. The van der Waals surface area contributed by atoms with Gasteiger partial charge in [0.25, 0.3) is 5.91 Å². The minimum absolute atomic E-state index is 0.203. The summed E-state index contributed by atoms with van der Waals surface area (Å²) in [5.41, 5.74) is 7.02. The standard InChI is InChI=1S/C19H20N2O4/c1-13(25-17(22)12-7-14-5-3-2-4-6-14)19(24)21-16-10-8-15(9-11-16)18(20)23/h2-6,8-11,13H,7,12H2,1H3,(H2,20,23)(H,21,24)/t13-/m1/s1. The van der Waals surface area contributed by atoms with Crippen molar-refractivity contribution in [3.05, 3.63) is 65.7 Å². The summed E-state index contributed by atoms with van der Waals surface area (Å²) in [5.74, 6) is -1.42. The minimum Gasteiger partial charge on any atom is -0.453 e. The molecule has 2 rings (SSSR count). The Bertz CT molecular complexity index is 742. The van der Waals surface area contributed by atoms with Crippen LogP contribution in [0, 0.1) is 0 Å². The molecule has 2 aromatic rings. The van der Waals surface area contributed by atoms with Crippen LogP contribution in [0.1, 0.15) is 29.3 Å². The second kappa shape index (κ2) is 8.63. The molecule has 0 radical (unpaired) electrons. The third-order valence-electron chi connectivity index (χ3n) is 3.58. The van der Waals surface area contributed by atoms with Crippen LogP contribution >= 0.6 is 0 Å². The van der Waals surface area contributed by atoms with E-state index in [0.29, 0.717) is 17.7 Å². The molecule has 0 aliphatic carbocycles. The maximum Gasteiger partial charge on any atom is 0.306 e. The molecule has 0 aliphatic heterocycles. The number of benzene rings is 2. The molecule has 0 saturated carbocycles. The summed E-state index contributed by atoms with van der Waals surface area (Å²) in [6, 6.07) is 15.7. The molecule has 0 fully saturated rings. The summed E-state index contributed by atoms with van der Waals surface area (Å²) in [4.78, 5) is 34.9. The molecule has 0 heterocycles. The lowest BCUT2D eigenvalue weighted by molar-refractivity contribution is -0.153. The van der Waals surface area contributed by atoms with Gasteiger partial charge in [-0.15, -0.1) is 0 Å². The number of ether oxygens (including phenoxy) is 1. The molecule has 6 heteroatoms. The van der Waals surface area contributed by atoms with E-state index < -0.39 is 23.9 Å². The number of anilines is 1. The molecule has 25 heavy (non-hydrogen) atoms. The Balaban J connectivity index is 1.81. The lowest BCUT2D eigenvalue weighted by atomic mass is 10.1. The summed E-state index contributed by atoms with van der Waals surface area (Å²) >= 11 is 0. The predicted molar refractivity (Wildman–Crippen MR) is 93.9 cm³/mol. The zero-order valence-corrected chi connectivity index (χ0v) is 13.9. The van der Waals surface area contributed by atoms with E-state index in [2.05, 4.69) is 5.32 Å². The summed E-state index contributed by atoms with van der Waals surface area (Å²) in [6.45, 7) is 1.51. The molecular weight excluding hydrogens is 320 g/mol. The van der Waals surface area contributed by atoms with E-state index in [-0.39, 0.29) is 6.42 Å². The van der Waals surface area contributed by atoms with Crippen LogP contribution in [0.3, 0.4) is 0 Å². The van der Waals surface area contributed by atoms with E-state index in [1.807, 2.05) is 30.3 Å². The summed E-state index contributed by atoms with van der Waals surface area (Å²) in [7, 11) is 0. The average Bonchev–Trinajstić information content (AvgIpc) is 2.61. The number of nitrogens with one attached hydrogen (secondary N) is 1. The molecule has 2 aromatic carbocycles. The fraction of sp³-hybridized carbons (Fsp3) is 0.211. The normalized spacial score (nSPS) is 11.4. The maximum atomic E-state index is 12.1. The summed E-state index contributed by atoms with van der Waals surface area (Å²) in [6.07, 6.45) is -0.156. The smallest absolute Gasteiger partial charge is 0.306 e. The fourth-order valence-corrected chi connectivity index (χ4v) is 2.16. The number of esters is 1. The first kappa shape index (κ1) is 18.2. The second-order valence-electron chi connectivity index (χ2n) is 5.55. The van der Waals surface area contributed by atoms with E-state index in [4.69, 9.17) is 10.5 Å². The van der Waals surface area contributed by atoms with Gasteiger partial charge in [0.1, 0.15) is 0 Å². The minimum atomic E-state index is -0.918. The van der Waals surface area contributed by atoms with Gasteiger partial charge in [0, 0.05) is 17.7 Å². The van der Waals surface area contributed by atoms with Gasteiger partial charge in [-0.2, -0.15) is 0 Å². The number of nitrogens with two attached hydrogens (primary N) is 1. The fourth-order valence-electron chi connectivity index (χ4n) is 2.16. The molecule has 130 valence electrons. The van der Waals surface area contributed by atoms with Crippen LogP contribution in [0.25, 0.3) is 0 Å². The third-order valence-corrected chi connectivity index (χ3v) is 3.58. The highest BCUT2D eigenvalue weighted by Gasteiger charge is 2.18. The van der Waals surface area contributed by atoms with Crippen molar-refractivity contribution >= 4 is 23.5 Å². The van der Waals surface area contributed by atoms with Crippen molar-refractivity contribution in [2.24, 2.45) is 5.73 Å². The number of rotatable bonds is 7. The number of amides is 2. The van der Waals surface area contributed by atoms with Crippen LogP contribution in [0.15, 0.2) is 54.6 Å². The van der Waals surface area contributed by atoms with Gasteiger partial charge in [-0.1, -0.05) is 30.3 Å². The van der Waals surface area contributed by atoms with E-state index in [1.165, 1.54) is 19.1 Å². The molecule has 0 aromatic heterocycles. The van der Waals surface area contributed by atoms with Crippen LogP contribution in [-0.4, -0.2) is 23.9 Å². The van der Waals surface area contributed by atoms with Gasteiger partial charge in [0.05, 0.1) is 0 Å². The highest BCUT2D eigenvalue weighted by Crippen LogP contribution is 2.11. The summed E-state index contributed by atoms with van der Waals surface area (Å²) in [5, 5.41) is 2.62. The zero-order valence-electron chi connectivity index (χ0n) is 13.9. The predicted octanol–water partition coefficient (Wildman–Crippen LogP) is 2.29. The number of carbonyl (C=O) groups excluding carboxylic acids is 3. The zero-order chi connectivity index (χ0) is 18.2. The highest BCUT2D eigenvalue weighted by molar-refractivity contribution is 5.96. The van der Waals surface area contributed by atoms with Gasteiger partial charge in [-0.05, 0) is 43.2 Å². The first-order chi connectivity index (χ1) is 12.0. The van der Waals surface area contributed by atoms with Gasteiger partial charge in [0.15, 0.2) is 6.10 Å². The quantitative estimate of drug-likeness (QED) is 0.756. The van der Waals surface area contributed by atoms with Gasteiger partial charge >= 0.3 is 5.97 Å². The van der Waals surface area contributed by atoms with Crippen LogP contribution < -0.4 is 11.1 Å². The first-order valence-electron chi connectivity index (χ1n) is 7.90. The number of carbonyl (C=O) groups is 3. The Morgan fingerprint density at radius 3 is 2.28 bits per heavy atom. The Hall–Kier alpha value is -3.15. The number of primary amides is 1. The summed E-state index contributed by atoms with van der Waals surface area (Å²) < 4.78 is 5.14. The molecule has 2 amide bonds. The maximum absolute atomic E-state index is 12.1. The van der Waals surface area contributed by atoms with E-state index in [0.717, 1.165) is 5.56 Å². The van der Waals surface area contributed by atoms with Crippen molar-refractivity contribution in [3.63, 3.8) is 0 Å². The van der Waals surface area contributed by atoms with E-state index >= 15 is 0 Å². The Morgan fingerprint density at radius 1 is 1.04 bits per heavy atom. The highest BCUT2D eigenvalue weighted by atomic mass is 16.5. The average molecular weight is 340 g/mol. The van der Waals surface area contributed by atoms with Crippen molar-refractivity contribution in [1.82, 2.24) is 0 Å². The van der Waals surface area contributed by atoms with Crippen molar-refractivity contribution < 1.29 is 19.1 Å². The first-order valence-corrected chi connectivity index (χ1v) is 7.90. The molecule has 0 unspecified atom stereocenters. The van der Waals surface area contributed by atoms with Gasteiger partial charge in [-0.3, -0.25) is 14.4 Å². The van der Waals surface area contributed by atoms with Gasteiger partial charge < -0.3 is 15.8 Å². The van der Waals surface area contributed by atoms with Gasteiger partial charge in [-0.25, -0.2) is 0 Å². The Labute approximate surface area is 146 Å². The van der Waals surface area contributed by atoms with Crippen molar-refractivity contribution in [2.75, 3.05) is 5.32 Å². The molecule has 3 N–H and O–H groups in total. The number of hydrogen-bond donors (Lipinski definition) is 2. The van der Waals surface area contributed by atoms with Crippen LogP contribution in [0.4, 0.5) is 5.69 Å². The van der Waals surface area contributed by atoms with Crippen LogP contribution in [-0.2, 0) is 20.7 Å². The topological polar surface area (TPSA) is 98.5 Å². The third kappa shape index (κ3) is 5.76. The van der Waals surface area contributed by atoms with Crippen molar-refractivity contribution in [2.45, 2.75) is 25.9 Å². The number of hydrogen-bond acceptors (Lipinski definition) is 4. The van der Waals surface area contributed by atoms with E-state index in [1.54, 1.807) is 12.1 Å². The lowest BCUT2D eigenvalue weighted by Crippen LogP contribution is -2.30.